The zero-order valence-electron chi connectivity index (χ0n) is 18.3. The number of amides is 1. The molecule has 9 nitrogen and oxygen atoms in total. The minimum atomic E-state index is -3.73. The molecule has 0 bridgehead atoms. The van der Waals surface area contributed by atoms with Crippen LogP contribution in [0, 0.1) is 0 Å². The molecule has 176 valence electrons. The Morgan fingerprint density at radius 3 is 2.52 bits per heavy atom. The number of nitrogens with one attached hydrogen (secondary N) is 1. The van der Waals surface area contributed by atoms with Crippen molar-refractivity contribution in [2.75, 3.05) is 27.4 Å². The Labute approximate surface area is 200 Å². The molecule has 1 aromatic heterocycles. The maximum absolute atomic E-state index is 12.9. The Balaban J connectivity index is 1.80. The first-order valence-electron chi connectivity index (χ1n) is 9.84. The van der Waals surface area contributed by atoms with Gasteiger partial charge in [-0.3, -0.25) is 4.79 Å². The molecule has 1 N–H and O–H groups in total. The lowest BCUT2D eigenvalue weighted by Crippen LogP contribution is -2.28. The van der Waals surface area contributed by atoms with Gasteiger partial charge in [-0.25, -0.2) is 17.9 Å². The number of ether oxygens (including phenoxy) is 2. The van der Waals surface area contributed by atoms with E-state index in [9.17, 15) is 18.0 Å². The van der Waals surface area contributed by atoms with Crippen LogP contribution in [0.2, 0.25) is 0 Å². The van der Waals surface area contributed by atoms with Crippen molar-refractivity contribution in [2.45, 2.75) is 18.4 Å². The van der Waals surface area contributed by atoms with Crippen LogP contribution in [0.25, 0.3) is 6.08 Å². The summed E-state index contributed by atoms with van der Waals surface area (Å²) in [6.45, 7) is 2.15. The molecule has 0 saturated heterocycles. The molecule has 0 aliphatic carbocycles. The van der Waals surface area contributed by atoms with Crippen LogP contribution < -0.4 is 4.72 Å². The van der Waals surface area contributed by atoms with Crippen LogP contribution >= 0.6 is 15.9 Å². The van der Waals surface area contributed by atoms with Crippen LogP contribution in [-0.4, -0.2) is 52.6 Å². The van der Waals surface area contributed by atoms with Crippen molar-refractivity contribution in [2.24, 2.45) is 0 Å². The lowest BCUT2D eigenvalue weighted by molar-refractivity contribution is -0.136. The summed E-state index contributed by atoms with van der Waals surface area (Å²) in [6.07, 6.45) is 1.44. The molecule has 1 aliphatic heterocycles. The number of benzene rings is 1. The van der Waals surface area contributed by atoms with Gasteiger partial charge in [0.25, 0.3) is 5.91 Å². The fraction of sp³-hybridized carbons (Fsp3) is 0.273. The van der Waals surface area contributed by atoms with Gasteiger partial charge in [-0.2, -0.15) is 0 Å². The Bertz CT molecular complexity index is 1210. The molecule has 0 saturated carbocycles. The van der Waals surface area contributed by atoms with Gasteiger partial charge in [0.2, 0.25) is 10.0 Å². The summed E-state index contributed by atoms with van der Waals surface area (Å²) in [4.78, 5) is 26.8. The number of sulfonamides is 1. The van der Waals surface area contributed by atoms with Crippen molar-refractivity contribution in [1.29, 1.82) is 0 Å². The van der Waals surface area contributed by atoms with Crippen molar-refractivity contribution in [3.8, 4) is 0 Å². The first-order valence-corrected chi connectivity index (χ1v) is 12.1. The van der Waals surface area contributed by atoms with Gasteiger partial charge >= 0.3 is 5.97 Å². The van der Waals surface area contributed by atoms with E-state index in [1.54, 1.807) is 31.2 Å². The quantitative estimate of drug-likeness (QED) is 0.385. The standard InChI is InChI=1S/C22H23BrN2O7S/c1-14-20(22(27)31-3)19(21(26)25(14)10-11-30-2)12-16-6-7-17(32-16)13-24-33(28,29)18-8-4-15(23)5-9-18/h4-9,12,24H,10-11,13H2,1-3H3. The predicted molar refractivity (Wildman–Crippen MR) is 123 cm³/mol. The molecule has 0 radical (unpaired) electrons. The van der Waals surface area contributed by atoms with Crippen molar-refractivity contribution < 1.29 is 31.9 Å². The third-order valence-corrected chi connectivity index (χ3v) is 6.90. The molecule has 11 heteroatoms. The van der Waals surface area contributed by atoms with Crippen LogP contribution in [0.15, 0.2) is 67.0 Å². The molecule has 0 atom stereocenters. The van der Waals surface area contributed by atoms with Crippen LogP contribution in [0.4, 0.5) is 0 Å². The van der Waals surface area contributed by atoms with E-state index in [-0.39, 0.29) is 35.0 Å². The number of methoxy groups -OCH3 is 2. The largest absolute Gasteiger partial charge is 0.465 e. The number of carbonyl (C=O) groups is 2. The van der Waals surface area contributed by atoms with Gasteiger partial charge in [0.15, 0.2) is 0 Å². The van der Waals surface area contributed by atoms with Gasteiger partial charge < -0.3 is 18.8 Å². The topological polar surface area (TPSA) is 115 Å². The average molecular weight is 539 g/mol. The molecule has 1 aliphatic rings. The molecule has 33 heavy (non-hydrogen) atoms. The van der Waals surface area contributed by atoms with E-state index < -0.39 is 16.0 Å². The van der Waals surface area contributed by atoms with E-state index in [1.165, 1.54) is 37.3 Å². The van der Waals surface area contributed by atoms with E-state index in [4.69, 9.17) is 13.9 Å². The number of hydrogen-bond donors (Lipinski definition) is 1. The first-order chi connectivity index (χ1) is 15.7. The van der Waals surface area contributed by atoms with E-state index in [2.05, 4.69) is 20.7 Å². The van der Waals surface area contributed by atoms with E-state index in [0.717, 1.165) is 4.47 Å². The predicted octanol–water partition coefficient (Wildman–Crippen LogP) is 2.84. The molecule has 2 aromatic rings. The van der Waals surface area contributed by atoms with Crippen molar-refractivity contribution in [3.63, 3.8) is 0 Å². The van der Waals surface area contributed by atoms with Crippen LogP contribution in [0.5, 0.6) is 0 Å². The smallest absolute Gasteiger partial charge is 0.340 e. The second-order valence-corrected chi connectivity index (χ2v) is 9.72. The van der Waals surface area contributed by atoms with Crippen molar-refractivity contribution in [3.05, 3.63) is 69.2 Å². The number of allylic oxidation sites excluding steroid dienone is 1. The number of carbonyl (C=O) groups excluding carboxylic acids is 2. The third-order valence-electron chi connectivity index (χ3n) is 4.95. The van der Waals surface area contributed by atoms with Gasteiger partial charge in [0.05, 0.1) is 36.3 Å². The van der Waals surface area contributed by atoms with Gasteiger partial charge in [0, 0.05) is 23.8 Å². The van der Waals surface area contributed by atoms with Gasteiger partial charge in [-0.1, -0.05) is 15.9 Å². The molecule has 0 spiro atoms. The summed E-state index contributed by atoms with van der Waals surface area (Å²) in [7, 11) is -0.970. The number of hydrogen-bond acceptors (Lipinski definition) is 7. The molecule has 3 rings (SSSR count). The van der Waals surface area contributed by atoms with Crippen LogP contribution in [0.3, 0.4) is 0 Å². The number of nitrogens with zero attached hydrogens (tertiary/aromatic N) is 1. The van der Waals surface area contributed by atoms with E-state index in [1.807, 2.05) is 0 Å². The summed E-state index contributed by atoms with van der Waals surface area (Å²) in [5, 5.41) is 0. The SMILES string of the molecule is COCCN1C(=O)C(=Cc2ccc(CNS(=O)(=O)c3ccc(Br)cc3)o2)C(C(=O)OC)=C1C. The highest BCUT2D eigenvalue weighted by Gasteiger charge is 2.37. The summed E-state index contributed by atoms with van der Waals surface area (Å²) in [5.41, 5.74) is 0.739. The fourth-order valence-corrected chi connectivity index (χ4v) is 4.51. The highest BCUT2D eigenvalue weighted by molar-refractivity contribution is 9.10. The number of halogens is 1. The average Bonchev–Trinajstić information content (AvgIpc) is 3.33. The fourth-order valence-electron chi connectivity index (χ4n) is 3.25. The number of furan rings is 1. The minimum absolute atomic E-state index is 0.0891. The Kier molecular flexibility index (Phi) is 7.90. The molecule has 2 heterocycles. The molecule has 1 aromatic carbocycles. The van der Waals surface area contributed by atoms with E-state index in [0.29, 0.717) is 23.8 Å². The maximum atomic E-state index is 12.9. The van der Waals surface area contributed by atoms with Gasteiger partial charge in [-0.15, -0.1) is 0 Å². The van der Waals surface area contributed by atoms with E-state index >= 15 is 0 Å². The maximum Gasteiger partial charge on any atom is 0.340 e. The molecule has 0 unspecified atom stereocenters. The molecule has 1 amide bonds. The van der Waals surface area contributed by atoms with Crippen LogP contribution in [-0.2, 0) is 35.6 Å². The zero-order valence-corrected chi connectivity index (χ0v) is 20.7. The van der Waals surface area contributed by atoms with Gasteiger partial charge in [-0.05, 0) is 49.4 Å². The highest BCUT2D eigenvalue weighted by Crippen LogP contribution is 2.31. The second-order valence-electron chi connectivity index (χ2n) is 7.04. The second kappa shape index (κ2) is 10.5. The Morgan fingerprint density at radius 1 is 1.18 bits per heavy atom. The summed E-state index contributed by atoms with van der Waals surface area (Å²) in [6, 6.07) is 9.41. The highest BCUT2D eigenvalue weighted by atomic mass is 79.9. The number of esters is 1. The summed E-state index contributed by atoms with van der Waals surface area (Å²) >= 11 is 3.27. The van der Waals surface area contributed by atoms with Crippen molar-refractivity contribution >= 4 is 43.9 Å². The third kappa shape index (κ3) is 5.61. The summed E-state index contributed by atoms with van der Waals surface area (Å²) in [5.74, 6) is -0.386. The first kappa shape index (κ1) is 24.9. The van der Waals surface area contributed by atoms with Crippen LogP contribution in [0.1, 0.15) is 18.4 Å². The van der Waals surface area contributed by atoms with Crippen molar-refractivity contribution in [1.82, 2.24) is 9.62 Å². The summed E-state index contributed by atoms with van der Waals surface area (Å²) < 4.78 is 43.7. The number of rotatable bonds is 9. The Hall–Kier alpha value is -2.73. The Morgan fingerprint density at radius 2 is 1.88 bits per heavy atom. The lowest BCUT2D eigenvalue weighted by Gasteiger charge is -2.16. The normalized spacial score (nSPS) is 15.6. The molecular weight excluding hydrogens is 516 g/mol. The van der Waals surface area contributed by atoms with Gasteiger partial charge in [0.1, 0.15) is 11.5 Å². The monoisotopic (exact) mass is 538 g/mol. The lowest BCUT2D eigenvalue weighted by atomic mass is 10.1. The zero-order chi connectivity index (χ0) is 24.2. The molecule has 0 fully saturated rings. The molecular formula is C22H23BrN2O7S. The minimum Gasteiger partial charge on any atom is -0.465 e.